The lowest BCUT2D eigenvalue weighted by Crippen LogP contribution is -2.42. The van der Waals surface area contributed by atoms with Gasteiger partial charge in [-0.1, -0.05) is 34.6 Å². The molecule has 0 fully saturated rings. The first kappa shape index (κ1) is 16.8. The van der Waals surface area contributed by atoms with Crippen LogP contribution in [0.1, 0.15) is 41.0 Å². The minimum Gasteiger partial charge on any atom is -0.468 e. The molecule has 0 radical (unpaired) electrons. The Balaban J connectivity index is 4.04. The summed E-state index contributed by atoms with van der Waals surface area (Å²) in [6.45, 7) is 10.8. The maximum Gasteiger partial charge on any atom is 0.322 e. The van der Waals surface area contributed by atoms with Crippen molar-refractivity contribution in [3.05, 3.63) is 0 Å². The second-order valence-corrected chi connectivity index (χ2v) is 6.49. The highest BCUT2D eigenvalue weighted by atomic mass is 32.2. The molecule has 0 bridgehead atoms. The molecule has 3 nitrogen and oxygen atoms in total. The third-order valence-corrected chi connectivity index (χ3v) is 4.29. The second kappa shape index (κ2) is 8.81. The number of carbonyl (C=O) groups is 1. The van der Waals surface area contributed by atoms with E-state index in [2.05, 4.69) is 26.1 Å². The summed E-state index contributed by atoms with van der Waals surface area (Å²) in [6.07, 6.45) is 0.826. The van der Waals surface area contributed by atoms with Crippen LogP contribution in [-0.2, 0) is 9.53 Å². The molecule has 0 spiro atoms. The summed E-state index contributed by atoms with van der Waals surface area (Å²) in [7, 11) is 1.45. The van der Waals surface area contributed by atoms with Crippen molar-refractivity contribution in [2.24, 2.45) is 5.92 Å². The number of esters is 1. The van der Waals surface area contributed by atoms with Gasteiger partial charge in [-0.05, 0) is 18.1 Å². The molecule has 2 unspecified atom stereocenters. The Bertz CT molecular complexity index is 219. The molecule has 0 rings (SSSR count). The molecule has 4 heteroatoms. The first-order valence-corrected chi connectivity index (χ1v) is 7.38. The van der Waals surface area contributed by atoms with Crippen molar-refractivity contribution in [2.45, 2.75) is 58.4 Å². The van der Waals surface area contributed by atoms with Crippen LogP contribution in [0.5, 0.6) is 0 Å². The standard InChI is InChI=1S/C13H27NO2S/c1-9(2)11(5)17-8-7-12(13(15)16-6)14-10(3)4/h9-12,14H,7-8H2,1-6H3. The van der Waals surface area contributed by atoms with Crippen LogP contribution in [0.15, 0.2) is 0 Å². The molecule has 1 N–H and O–H groups in total. The van der Waals surface area contributed by atoms with Gasteiger partial charge >= 0.3 is 5.97 Å². The van der Waals surface area contributed by atoms with Crippen molar-refractivity contribution in [3.63, 3.8) is 0 Å². The van der Waals surface area contributed by atoms with E-state index in [0.717, 1.165) is 12.2 Å². The molecule has 0 aliphatic heterocycles. The van der Waals surface area contributed by atoms with Gasteiger partial charge in [-0.25, -0.2) is 0 Å². The second-order valence-electron chi connectivity index (χ2n) is 5.01. The largest absolute Gasteiger partial charge is 0.468 e. The van der Waals surface area contributed by atoms with Gasteiger partial charge < -0.3 is 10.1 Å². The summed E-state index contributed by atoms with van der Waals surface area (Å²) < 4.78 is 4.81. The van der Waals surface area contributed by atoms with Gasteiger partial charge in [0.15, 0.2) is 0 Å². The van der Waals surface area contributed by atoms with E-state index in [4.69, 9.17) is 4.74 Å². The lowest BCUT2D eigenvalue weighted by Gasteiger charge is -2.20. The Kier molecular flexibility index (Phi) is 8.70. The molecule has 0 amide bonds. The highest BCUT2D eigenvalue weighted by Gasteiger charge is 2.20. The van der Waals surface area contributed by atoms with Crippen LogP contribution < -0.4 is 5.32 Å². The third kappa shape index (κ3) is 7.66. The van der Waals surface area contributed by atoms with Crippen molar-refractivity contribution in [1.29, 1.82) is 0 Å². The Hall–Kier alpha value is -0.220. The number of methoxy groups -OCH3 is 1. The smallest absolute Gasteiger partial charge is 0.322 e. The zero-order chi connectivity index (χ0) is 13.4. The maximum atomic E-state index is 11.6. The minimum absolute atomic E-state index is 0.156. The molecule has 0 aliphatic rings. The van der Waals surface area contributed by atoms with Crippen LogP contribution in [0.25, 0.3) is 0 Å². The molecule has 0 aromatic rings. The van der Waals surface area contributed by atoms with Crippen molar-refractivity contribution in [3.8, 4) is 0 Å². The number of hydrogen-bond acceptors (Lipinski definition) is 4. The molecule has 0 saturated heterocycles. The summed E-state index contributed by atoms with van der Waals surface area (Å²) >= 11 is 1.92. The molecular formula is C13H27NO2S. The van der Waals surface area contributed by atoms with Gasteiger partial charge in [0.25, 0.3) is 0 Å². The Morgan fingerprint density at radius 2 is 1.82 bits per heavy atom. The number of carbonyl (C=O) groups excluding carboxylic acids is 1. The number of ether oxygens (including phenoxy) is 1. The van der Waals surface area contributed by atoms with E-state index in [1.807, 2.05) is 25.6 Å². The highest BCUT2D eigenvalue weighted by Crippen LogP contribution is 2.20. The van der Waals surface area contributed by atoms with Crippen molar-refractivity contribution < 1.29 is 9.53 Å². The zero-order valence-corrected chi connectivity index (χ0v) is 12.8. The van der Waals surface area contributed by atoms with Crippen LogP contribution in [0.3, 0.4) is 0 Å². The van der Waals surface area contributed by atoms with E-state index in [1.54, 1.807) is 0 Å². The quantitative estimate of drug-likeness (QED) is 0.682. The lowest BCUT2D eigenvalue weighted by molar-refractivity contribution is -0.143. The first-order chi connectivity index (χ1) is 7.88. The molecular weight excluding hydrogens is 234 g/mol. The highest BCUT2D eigenvalue weighted by molar-refractivity contribution is 7.99. The fourth-order valence-corrected chi connectivity index (χ4v) is 2.51. The SMILES string of the molecule is COC(=O)C(CCSC(C)C(C)C)NC(C)C. The van der Waals surface area contributed by atoms with Gasteiger partial charge in [0, 0.05) is 11.3 Å². The van der Waals surface area contributed by atoms with Crippen LogP contribution in [-0.4, -0.2) is 36.2 Å². The molecule has 0 heterocycles. The van der Waals surface area contributed by atoms with Gasteiger partial charge in [-0.2, -0.15) is 11.8 Å². The number of nitrogens with one attached hydrogen (secondary N) is 1. The predicted octanol–water partition coefficient (Wildman–Crippen LogP) is 2.69. The van der Waals surface area contributed by atoms with Crippen LogP contribution in [0, 0.1) is 5.92 Å². The molecule has 0 aromatic heterocycles. The van der Waals surface area contributed by atoms with E-state index in [0.29, 0.717) is 17.2 Å². The number of rotatable bonds is 8. The molecule has 2 atom stereocenters. The summed E-state index contributed by atoms with van der Waals surface area (Å²) in [4.78, 5) is 11.6. The molecule has 102 valence electrons. The van der Waals surface area contributed by atoms with Crippen molar-refractivity contribution in [1.82, 2.24) is 5.32 Å². The fraction of sp³-hybridized carbons (Fsp3) is 0.923. The molecule has 0 saturated carbocycles. The van der Waals surface area contributed by atoms with Crippen molar-refractivity contribution in [2.75, 3.05) is 12.9 Å². The van der Waals surface area contributed by atoms with Gasteiger partial charge in [0.1, 0.15) is 6.04 Å². The molecule has 17 heavy (non-hydrogen) atoms. The lowest BCUT2D eigenvalue weighted by atomic mass is 10.2. The van der Waals surface area contributed by atoms with E-state index >= 15 is 0 Å². The van der Waals surface area contributed by atoms with E-state index in [-0.39, 0.29) is 12.0 Å². The molecule has 0 aromatic carbocycles. The summed E-state index contributed by atoms with van der Waals surface area (Å²) in [5.41, 5.74) is 0. The maximum absolute atomic E-state index is 11.6. The Morgan fingerprint density at radius 3 is 2.24 bits per heavy atom. The summed E-state index contributed by atoms with van der Waals surface area (Å²) in [5, 5.41) is 3.88. The van der Waals surface area contributed by atoms with Gasteiger partial charge in [-0.15, -0.1) is 0 Å². The van der Waals surface area contributed by atoms with Crippen molar-refractivity contribution >= 4 is 17.7 Å². The average molecular weight is 261 g/mol. The fourth-order valence-electron chi connectivity index (χ4n) is 1.38. The van der Waals surface area contributed by atoms with Crippen LogP contribution in [0.2, 0.25) is 0 Å². The average Bonchev–Trinajstić information content (AvgIpc) is 2.25. The summed E-state index contributed by atoms with van der Waals surface area (Å²) in [6, 6.07) is 0.124. The van der Waals surface area contributed by atoms with Gasteiger partial charge in [0.05, 0.1) is 7.11 Å². The van der Waals surface area contributed by atoms with Crippen LogP contribution in [0.4, 0.5) is 0 Å². The van der Waals surface area contributed by atoms with Gasteiger partial charge in [-0.3, -0.25) is 4.79 Å². The van der Waals surface area contributed by atoms with Crippen LogP contribution >= 0.6 is 11.8 Å². The summed E-state index contributed by atoms with van der Waals surface area (Å²) in [5.74, 6) is 1.50. The normalized spacial score (nSPS) is 15.1. The zero-order valence-electron chi connectivity index (χ0n) is 11.9. The van der Waals surface area contributed by atoms with E-state index in [9.17, 15) is 4.79 Å². The Morgan fingerprint density at radius 1 is 1.24 bits per heavy atom. The third-order valence-electron chi connectivity index (χ3n) is 2.75. The topological polar surface area (TPSA) is 38.3 Å². The number of hydrogen-bond donors (Lipinski definition) is 1. The minimum atomic E-state index is -0.174. The predicted molar refractivity (Wildman–Crippen MR) is 75.5 cm³/mol. The van der Waals surface area contributed by atoms with Gasteiger partial charge in [0.2, 0.25) is 0 Å². The van der Waals surface area contributed by atoms with E-state index < -0.39 is 0 Å². The first-order valence-electron chi connectivity index (χ1n) is 6.34. The molecule has 0 aliphatic carbocycles. The monoisotopic (exact) mass is 261 g/mol. The number of thioether (sulfide) groups is 1. The Labute approximate surface area is 110 Å². The van der Waals surface area contributed by atoms with E-state index in [1.165, 1.54) is 7.11 Å².